The molecule has 1 N–H and O–H groups in total. The van der Waals surface area contributed by atoms with Crippen LogP contribution in [0.1, 0.15) is 80.4 Å². The Bertz CT molecular complexity index is 661. The van der Waals surface area contributed by atoms with Crippen LogP contribution in [-0.2, 0) is 20.6 Å². The molecular weight excluding hydrogens is 376 g/mol. The van der Waals surface area contributed by atoms with E-state index in [9.17, 15) is 14.4 Å². The molecule has 1 heterocycles. The van der Waals surface area contributed by atoms with E-state index < -0.39 is 23.6 Å². The molecule has 0 aromatic carbocycles. The normalized spacial score (nSPS) is 10.9. The van der Waals surface area contributed by atoms with Crippen LogP contribution >= 0.6 is 0 Å². The fourth-order valence-electron chi connectivity index (χ4n) is 2.49. The van der Waals surface area contributed by atoms with Crippen LogP contribution < -0.4 is 5.32 Å². The molecule has 1 amide bonds. The summed E-state index contributed by atoms with van der Waals surface area (Å²) < 4.78 is 15.2. The predicted octanol–water partition coefficient (Wildman–Crippen LogP) is 3.67. The summed E-state index contributed by atoms with van der Waals surface area (Å²) in [6.07, 6.45) is 2.71. The van der Waals surface area contributed by atoms with E-state index >= 15 is 0 Å². The number of alkyl carbamates (subject to hydrolysis) is 1. The molecule has 8 heteroatoms. The summed E-state index contributed by atoms with van der Waals surface area (Å²) >= 11 is 0. The molecule has 0 fully saturated rings. The average Bonchev–Trinajstić information content (AvgIpc) is 2.63. The molecule has 0 aliphatic carbocycles. The first-order chi connectivity index (χ1) is 13.7. The Labute approximate surface area is 172 Å². The van der Waals surface area contributed by atoms with Crippen LogP contribution in [0.2, 0.25) is 0 Å². The van der Waals surface area contributed by atoms with Gasteiger partial charge in [-0.25, -0.2) is 19.4 Å². The van der Waals surface area contributed by atoms with E-state index in [-0.39, 0.29) is 24.6 Å². The highest BCUT2D eigenvalue weighted by atomic mass is 16.6. The smallest absolute Gasteiger partial charge is 0.407 e. The van der Waals surface area contributed by atoms with Gasteiger partial charge in [-0.3, -0.25) is 0 Å². The first-order valence-electron chi connectivity index (χ1n) is 9.98. The largest absolute Gasteiger partial charge is 0.461 e. The van der Waals surface area contributed by atoms with Crippen LogP contribution in [0.25, 0.3) is 0 Å². The molecule has 0 unspecified atom stereocenters. The fraction of sp³-hybridized carbons (Fsp3) is 0.619. The number of ether oxygens (including phenoxy) is 3. The maximum atomic E-state index is 12.0. The van der Waals surface area contributed by atoms with Crippen molar-refractivity contribution < 1.29 is 28.6 Å². The van der Waals surface area contributed by atoms with Crippen LogP contribution in [-0.4, -0.2) is 48.4 Å². The summed E-state index contributed by atoms with van der Waals surface area (Å²) in [4.78, 5) is 39.7. The molecule has 0 aliphatic rings. The van der Waals surface area contributed by atoms with Gasteiger partial charge in [-0.05, 0) is 71.6 Å². The van der Waals surface area contributed by atoms with E-state index in [1.54, 1.807) is 26.0 Å². The summed E-state index contributed by atoms with van der Waals surface area (Å²) in [5.74, 6) is -1.14. The molecule has 0 atom stereocenters. The lowest BCUT2D eigenvalue weighted by atomic mass is 10.1. The third-order valence-electron chi connectivity index (χ3n) is 3.66. The van der Waals surface area contributed by atoms with Crippen molar-refractivity contribution in [3.63, 3.8) is 0 Å². The maximum Gasteiger partial charge on any atom is 0.407 e. The second kappa shape index (κ2) is 12.0. The zero-order valence-corrected chi connectivity index (χ0v) is 18.0. The molecule has 0 aliphatic heterocycles. The number of nitrogens with zero attached hydrogens (tertiary/aromatic N) is 1. The van der Waals surface area contributed by atoms with E-state index in [2.05, 4.69) is 10.3 Å². The quantitative estimate of drug-likeness (QED) is 0.358. The van der Waals surface area contributed by atoms with Crippen molar-refractivity contribution in [3.8, 4) is 0 Å². The second-order valence-electron chi connectivity index (χ2n) is 7.43. The van der Waals surface area contributed by atoms with Crippen LogP contribution in [0.4, 0.5) is 4.79 Å². The van der Waals surface area contributed by atoms with Crippen LogP contribution in [0.15, 0.2) is 12.1 Å². The van der Waals surface area contributed by atoms with Crippen molar-refractivity contribution >= 4 is 18.0 Å². The number of nitrogens with one attached hydrogen (secondary N) is 1. The van der Waals surface area contributed by atoms with Gasteiger partial charge in [0.05, 0.1) is 13.2 Å². The third-order valence-corrected chi connectivity index (χ3v) is 3.66. The fourth-order valence-corrected chi connectivity index (χ4v) is 2.49. The molecule has 0 radical (unpaired) electrons. The zero-order valence-electron chi connectivity index (χ0n) is 18.0. The van der Waals surface area contributed by atoms with Crippen molar-refractivity contribution in [3.05, 3.63) is 29.1 Å². The minimum Gasteiger partial charge on any atom is -0.461 e. The number of hydrogen-bond acceptors (Lipinski definition) is 7. The molecule has 0 bridgehead atoms. The topological polar surface area (TPSA) is 104 Å². The number of esters is 2. The number of rotatable bonds is 10. The molecule has 29 heavy (non-hydrogen) atoms. The molecule has 162 valence electrons. The first kappa shape index (κ1) is 24.4. The second-order valence-corrected chi connectivity index (χ2v) is 7.43. The summed E-state index contributed by atoms with van der Waals surface area (Å²) in [6, 6.07) is 3.28. The summed E-state index contributed by atoms with van der Waals surface area (Å²) in [7, 11) is 0. The van der Waals surface area contributed by atoms with E-state index in [4.69, 9.17) is 14.2 Å². The van der Waals surface area contributed by atoms with Gasteiger partial charge in [0.25, 0.3) is 0 Å². The van der Waals surface area contributed by atoms with Gasteiger partial charge >= 0.3 is 18.0 Å². The van der Waals surface area contributed by atoms with Gasteiger partial charge < -0.3 is 19.5 Å². The molecular formula is C21H32N2O6. The van der Waals surface area contributed by atoms with Crippen molar-refractivity contribution in [1.82, 2.24) is 10.3 Å². The number of aryl methyl sites for hydroxylation is 1. The lowest BCUT2D eigenvalue weighted by Crippen LogP contribution is -2.32. The van der Waals surface area contributed by atoms with Crippen molar-refractivity contribution in [2.45, 2.75) is 65.9 Å². The highest BCUT2D eigenvalue weighted by Gasteiger charge is 2.17. The summed E-state index contributed by atoms with van der Waals surface area (Å²) in [6.45, 7) is 9.84. The first-order valence-corrected chi connectivity index (χ1v) is 9.98. The lowest BCUT2D eigenvalue weighted by Gasteiger charge is -2.19. The van der Waals surface area contributed by atoms with Gasteiger partial charge in [-0.15, -0.1) is 0 Å². The Morgan fingerprint density at radius 2 is 1.48 bits per heavy atom. The Kier molecular flexibility index (Phi) is 10.1. The Balaban J connectivity index is 2.58. The van der Waals surface area contributed by atoms with Gasteiger partial charge in [0.1, 0.15) is 17.0 Å². The van der Waals surface area contributed by atoms with Gasteiger partial charge in [0.15, 0.2) is 0 Å². The van der Waals surface area contributed by atoms with Crippen molar-refractivity contribution in [2.75, 3.05) is 19.8 Å². The Morgan fingerprint density at radius 3 is 1.97 bits per heavy atom. The Hall–Kier alpha value is -2.64. The predicted molar refractivity (Wildman–Crippen MR) is 108 cm³/mol. The molecule has 1 rings (SSSR count). The number of carbonyl (C=O) groups is 3. The van der Waals surface area contributed by atoms with Crippen molar-refractivity contribution in [2.24, 2.45) is 0 Å². The molecule has 1 aromatic rings. The number of aromatic nitrogens is 1. The maximum absolute atomic E-state index is 12.0. The van der Waals surface area contributed by atoms with Crippen LogP contribution in [0.5, 0.6) is 0 Å². The SMILES string of the molecule is CCOC(=O)c1cc(CCCCCNC(=O)OC(C)(C)C)cc(C(=O)OCC)n1. The lowest BCUT2D eigenvalue weighted by molar-refractivity contribution is 0.0502. The van der Waals surface area contributed by atoms with Crippen molar-refractivity contribution in [1.29, 1.82) is 0 Å². The number of amides is 1. The van der Waals surface area contributed by atoms with E-state index in [0.717, 1.165) is 24.8 Å². The summed E-state index contributed by atoms with van der Waals surface area (Å²) in [5, 5.41) is 2.72. The minimum atomic E-state index is -0.568. The van der Waals surface area contributed by atoms with Gasteiger partial charge in [-0.2, -0.15) is 0 Å². The molecule has 8 nitrogen and oxygen atoms in total. The monoisotopic (exact) mass is 408 g/mol. The molecule has 0 saturated heterocycles. The third kappa shape index (κ3) is 9.91. The van der Waals surface area contributed by atoms with Crippen LogP contribution in [0, 0.1) is 0 Å². The van der Waals surface area contributed by atoms with E-state index in [0.29, 0.717) is 13.0 Å². The highest BCUT2D eigenvalue weighted by Crippen LogP contribution is 2.13. The molecule has 0 saturated carbocycles. The van der Waals surface area contributed by atoms with E-state index in [1.807, 2.05) is 20.8 Å². The van der Waals surface area contributed by atoms with Crippen LogP contribution in [0.3, 0.4) is 0 Å². The number of hydrogen-bond donors (Lipinski definition) is 1. The zero-order chi connectivity index (χ0) is 21.9. The number of pyridine rings is 1. The average molecular weight is 408 g/mol. The summed E-state index contributed by atoms with van der Waals surface area (Å²) in [5.41, 5.74) is 0.489. The minimum absolute atomic E-state index is 0.0963. The van der Waals surface area contributed by atoms with Gasteiger partial charge in [0.2, 0.25) is 0 Å². The standard InChI is InChI=1S/C21H32N2O6/c1-6-27-18(24)16-13-15(14-17(23-16)19(25)28-7-2)11-9-8-10-12-22-20(26)29-21(3,4)5/h13-14H,6-12H2,1-5H3,(H,22,26). The van der Waals surface area contributed by atoms with E-state index in [1.165, 1.54) is 0 Å². The highest BCUT2D eigenvalue weighted by molar-refractivity contribution is 5.92. The van der Waals surface area contributed by atoms with Gasteiger partial charge in [0, 0.05) is 6.54 Å². The number of carbonyl (C=O) groups excluding carboxylic acids is 3. The molecule has 1 aromatic heterocycles. The van der Waals surface area contributed by atoms with Gasteiger partial charge in [-0.1, -0.05) is 6.42 Å². The molecule has 0 spiro atoms. The number of unbranched alkanes of at least 4 members (excludes halogenated alkanes) is 2. The Morgan fingerprint density at radius 1 is 0.931 bits per heavy atom.